The third-order valence-corrected chi connectivity index (χ3v) is 18.9. The number of benzene rings is 13. The zero-order chi connectivity index (χ0) is 78.0. The molecule has 4 heteroatoms. The zero-order valence-corrected chi connectivity index (χ0v) is 54.7. The van der Waals surface area contributed by atoms with Crippen LogP contribution in [0.4, 0.5) is 34.1 Å². The Labute approximate surface area is 582 Å². The molecule has 460 valence electrons. The summed E-state index contributed by atoms with van der Waals surface area (Å²) in [6.07, 6.45) is 0. The number of aromatic nitrogens is 1. The third-order valence-electron chi connectivity index (χ3n) is 18.9. The van der Waals surface area contributed by atoms with E-state index in [-0.39, 0.29) is 45.2 Å². The van der Waals surface area contributed by atoms with Crippen molar-refractivity contribution in [2.24, 2.45) is 0 Å². The Morgan fingerprint density at radius 2 is 0.674 bits per heavy atom. The lowest BCUT2D eigenvalue weighted by Crippen LogP contribution is -2.62. The summed E-state index contributed by atoms with van der Waals surface area (Å²) in [4.78, 5) is 4.12. The first kappa shape index (κ1) is 44.8. The van der Waals surface area contributed by atoms with E-state index in [1.807, 2.05) is 163 Å². The second-order valence-electron chi connectivity index (χ2n) is 28.1. The Hall–Kier alpha value is -10.7. The summed E-state index contributed by atoms with van der Waals surface area (Å²) in [6.45, 7) is 14.5. The zero-order valence-electron chi connectivity index (χ0n) is 69.7. The van der Waals surface area contributed by atoms with Gasteiger partial charge < -0.3 is 14.4 Å². The van der Waals surface area contributed by atoms with Gasteiger partial charge in [0.1, 0.15) is 0 Å². The van der Waals surface area contributed by atoms with Crippen LogP contribution in [0.1, 0.15) is 105 Å². The van der Waals surface area contributed by atoms with Gasteiger partial charge in [-0.2, -0.15) is 0 Å². The lowest BCUT2D eigenvalue weighted by molar-refractivity contribution is 0.590. The Bertz CT molecular complexity index is 5950. The number of rotatable bonds is 9. The van der Waals surface area contributed by atoms with Crippen molar-refractivity contribution in [2.75, 3.05) is 9.80 Å². The highest BCUT2D eigenvalue weighted by Gasteiger charge is 2.47. The van der Waals surface area contributed by atoms with Gasteiger partial charge in [0, 0.05) is 65.6 Å². The van der Waals surface area contributed by atoms with Gasteiger partial charge in [-0.1, -0.05) is 292 Å². The van der Waals surface area contributed by atoms with Gasteiger partial charge in [0.05, 0.1) is 38.9 Å². The number of hydrogen-bond acceptors (Lipinski definition) is 2. The van der Waals surface area contributed by atoms with E-state index in [4.69, 9.17) is 2.74 Å². The monoisotopic (exact) mass is 1240 g/mol. The minimum absolute atomic E-state index is 0.00962. The van der Waals surface area contributed by atoms with Gasteiger partial charge in [-0.15, -0.1) is 0 Å². The summed E-state index contributed by atoms with van der Waals surface area (Å²) in [5.41, 5.74) is 9.85. The van der Waals surface area contributed by atoms with Crippen LogP contribution >= 0.6 is 0 Å². The van der Waals surface area contributed by atoms with Gasteiger partial charge in [-0.3, -0.25) is 0 Å². The molecule has 13 aromatic carbocycles. The van der Waals surface area contributed by atoms with Crippen molar-refractivity contribution < 1.29 is 20.6 Å². The SMILES string of the molecule is [2H]c1c2c(c([2H])c(-c3ccccc3)c1-c1ccccc1)N(c1c(-c3ccccc3)cc(C(C)(C)C)cc1-c1ccccc1)c1cc(C(C)(C)C)cc3c1B2c1c(c([2H])c(-n2c4c([2H])c([2H])c([2H])c([2H])c4c4c([2H])c([2H])c([2H])c([2H])c42)c([2H])c1C([2H])([2H])[2H])N3c1c(-c2ccccc2)cc(C(C)(C)C)cc1-c1ccccc1. The van der Waals surface area contributed by atoms with Crippen LogP contribution in [0.25, 0.3) is 94.3 Å². The van der Waals surface area contributed by atoms with E-state index in [9.17, 15) is 17.8 Å². The maximum absolute atomic E-state index is 11.8. The van der Waals surface area contributed by atoms with Crippen LogP contribution in [-0.4, -0.2) is 11.3 Å². The molecule has 0 radical (unpaired) electrons. The van der Waals surface area contributed by atoms with Crippen molar-refractivity contribution >= 4 is 79.0 Å². The smallest absolute Gasteiger partial charge is 0.252 e. The number of hydrogen-bond donors (Lipinski definition) is 0. The molecule has 0 saturated heterocycles. The van der Waals surface area contributed by atoms with Crippen molar-refractivity contribution in [1.82, 2.24) is 4.57 Å². The summed E-state index contributed by atoms with van der Waals surface area (Å²) in [7, 11) is 0. The second-order valence-corrected chi connectivity index (χ2v) is 28.1. The van der Waals surface area contributed by atoms with Crippen molar-refractivity contribution in [3.8, 4) is 72.4 Å². The van der Waals surface area contributed by atoms with E-state index >= 15 is 0 Å². The fourth-order valence-corrected chi connectivity index (χ4v) is 14.1. The van der Waals surface area contributed by atoms with Crippen LogP contribution in [0.2, 0.25) is 0 Å². The molecule has 95 heavy (non-hydrogen) atoms. The van der Waals surface area contributed by atoms with E-state index in [1.54, 1.807) is 0 Å². The molecule has 2 aliphatic heterocycles. The summed E-state index contributed by atoms with van der Waals surface area (Å²) < 4.78 is 155. The average molecular weight is 1240 g/mol. The van der Waals surface area contributed by atoms with Crippen molar-refractivity contribution in [3.05, 3.63) is 313 Å². The van der Waals surface area contributed by atoms with Crippen LogP contribution in [0.3, 0.4) is 0 Å². The van der Waals surface area contributed by atoms with Crippen LogP contribution in [0, 0.1) is 6.85 Å². The molecule has 1 aromatic heterocycles. The van der Waals surface area contributed by atoms with Crippen LogP contribution < -0.4 is 26.2 Å². The molecular formula is C91H78BN3. The van der Waals surface area contributed by atoms with Crippen LogP contribution in [-0.2, 0) is 16.2 Å². The average Bonchev–Trinajstić information content (AvgIpc) is 1.05. The maximum atomic E-state index is 11.8. The molecule has 0 fully saturated rings. The summed E-state index contributed by atoms with van der Waals surface area (Å²) >= 11 is 0. The number of fused-ring (bicyclic) bond motifs is 7. The van der Waals surface area contributed by atoms with E-state index in [1.165, 1.54) is 0 Å². The molecule has 16 rings (SSSR count). The van der Waals surface area contributed by atoms with Gasteiger partial charge in [0.2, 0.25) is 0 Å². The predicted octanol–water partition coefficient (Wildman–Crippen LogP) is 23.1. The first-order valence-corrected chi connectivity index (χ1v) is 32.6. The molecule has 3 nitrogen and oxygen atoms in total. The highest BCUT2D eigenvalue weighted by atomic mass is 15.2. The van der Waals surface area contributed by atoms with E-state index in [0.717, 1.165) is 54.6 Å². The van der Waals surface area contributed by atoms with Gasteiger partial charge >= 0.3 is 0 Å². The molecule has 0 saturated carbocycles. The lowest BCUT2D eigenvalue weighted by Gasteiger charge is -2.47. The lowest BCUT2D eigenvalue weighted by atomic mass is 9.32. The molecule has 3 heterocycles. The number of para-hydroxylation sites is 2. The van der Waals surface area contributed by atoms with E-state index in [2.05, 4.69) is 128 Å². The maximum Gasteiger partial charge on any atom is 0.252 e. The molecule has 14 aromatic rings. The van der Waals surface area contributed by atoms with Crippen molar-refractivity contribution in [1.29, 1.82) is 0 Å². The van der Waals surface area contributed by atoms with Crippen molar-refractivity contribution in [3.63, 3.8) is 0 Å². The summed E-state index contributed by atoms with van der Waals surface area (Å²) in [5, 5.41) is -0.652. The van der Waals surface area contributed by atoms with Gasteiger partial charge in [-0.05, 0) is 167 Å². The molecule has 0 bridgehead atoms. The van der Waals surface area contributed by atoms with Gasteiger partial charge in [-0.25, -0.2) is 0 Å². The Morgan fingerprint density at radius 3 is 1.04 bits per heavy atom. The molecule has 0 spiro atoms. The quantitative estimate of drug-likeness (QED) is 0.133. The van der Waals surface area contributed by atoms with Gasteiger partial charge in [0.15, 0.2) is 0 Å². The molecule has 0 aliphatic carbocycles. The molecule has 2 aliphatic rings. The molecule has 0 atom stereocenters. The minimum atomic E-state index is -3.38. The fourth-order valence-electron chi connectivity index (χ4n) is 14.1. The number of nitrogens with zero attached hydrogens (tertiary/aromatic N) is 3. The Morgan fingerprint density at radius 1 is 0.337 bits per heavy atom. The number of anilines is 6. The van der Waals surface area contributed by atoms with Crippen molar-refractivity contribution in [2.45, 2.75) is 85.4 Å². The fraction of sp³-hybridized carbons (Fsp3) is 0.143. The third kappa shape index (κ3) is 10.1. The Balaban J connectivity index is 1.24. The molecule has 0 N–H and O–H groups in total. The first-order valence-electron chi connectivity index (χ1n) is 40.1. The molecular weight excluding hydrogens is 1150 g/mol. The molecule has 0 amide bonds. The Kier molecular flexibility index (Phi) is 10.8. The van der Waals surface area contributed by atoms with Crippen LogP contribution in [0.5, 0.6) is 0 Å². The van der Waals surface area contributed by atoms with E-state index in [0.29, 0.717) is 61.6 Å². The molecule has 0 unspecified atom stereocenters. The van der Waals surface area contributed by atoms with Crippen LogP contribution in [0.15, 0.2) is 291 Å². The van der Waals surface area contributed by atoms with Gasteiger partial charge in [0.25, 0.3) is 6.71 Å². The topological polar surface area (TPSA) is 11.4 Å². The highest BCUT2D eigenvalue weighted by molar-refractivity contribution is 7.00. The predicted molar refractivity (Wildman–Crippen MR) is 408 cm³/mol. The van der Waals surface area contributed by atoms with E-state index < -0.39 is 113 Å². The minimum Gasteiger partial charge on any atom is -0.310 e. The first-order chi connectivity index (χ1) is 52.2. The largest absolute Gasteiger partial charge is 0.310 e. The highest BCUT2D eigenvalue weighted by Crippen LogP contribution is 2.56. The summed E-state index contributed by atoms with van der Waals surface area (Å²) in [5.74, 6) is 0. The summed E-state index contributed by atoms with van der Waals surface area (Å²) in [6, 6.07) is 64.9. The standard InChI is InChI=1S/C91H78BN3/c1-59-49-69(93-79-47-31-29-45-70(79)71-46-30-32-48-80(71)93)56-84-85(59)92-78-57-72(60-33-17-11-18-34-60)73(61-35-19-12-20-36-61)58-81(78)94(87-74(62-37-21-13-22-38-62)50-66(89(2,3)4)51-75(87)63-39-23-14-24-40-63)82-54-68(91(8,9)10)55-83(86(82)92)95(84)88-76(64-41-25-15-26-42-64)52-67(90(5,6)7)53-77(88)65-43-27-16-28-44-65/h11-58H,1-10H3/i1D3,29D,30D,31D,32D,45D,46D,47D,48D,49D,56D,57D,58D. The second kappa shape index (κ2) is 22.8. The normalized spacial score (nSPS) is 15.3.